The number of nitrogens with zero attached hydrogens (tertiary/aromatic N) is 1. The first-order valence-corrected chi connectivity index (χ1v) is 12.9. The van der Waals surface area contributed by atoms with Crippen LogP contribution in [-0.2, 0) is 14.4 Å². The van der Waals surface area contributed by atoms with Crippen molar-refractivity contribution < 1.29 is 19.5 Å². The fourth-order valence-corrected chi connectivity index (χ4v) is 8.46. The monoisotopic (exact) mass is 473 g/mol. The number of aliphatic hydroxyl groups is 1. The number of carbonyl (C=O) groups is 3. The Morgan fingerprint density at radius 2 is 1.91 bits per heavy atom. The van der Waals surface area contributed by atoms with Gasteiger partial charge in [0.25, 0.3) is 0 Å². The Morgan fingerprint density at radius 1 is 1.18 bits per heavy atom. The summed E-state index contributed by atoms with van der Waals surface area (Å²) in [6.45, 7) is 6.57. The first kappa shape index (κ1) is 24.1. The van der Waals surface area contributed by atoms with Gasteiger partial charge in [-0.2, -0.15) is 0 Å². The second-order valence-electron chi connectivity index (χ2n) is 9.89. The van der Waals surface area contributed by atoms with Crippen LogP contribution in [0.4, 0.5) is 5.69 Å². The number of carbonyl (C=O) groups excluding carboxylic acids is 3. The molecule has 8 heteroatoms. The van der Waals surface area contributed by atoms with E-state index in [1.165, 1.54) is 0 Å². The summed E-state index contributed by atoms with van der Waals surface area (Å²) >= 11 is 1.70. The van der Waals surface area contributed by atoms with Crippen molar-refractivity contribution in [3.8, 4) is 0 Å². The smallest absolute Gasteiger partial charge is 0.244 e. The van der Waals surface area contributed by atoms with Gasteiger partial charge >= 0.3 is 0 Å². The minimum absolute atomic E-state index is 0.0311. The molecule has 4 rings (SSSR count). The van der Waals surface area contributed by atoms with Crippen LogP contribution in [0.15, 0.2) is 30.3 Å². The quantitative estimate of drug-likeness (QED) is 0.479. The zero-order valence-corrected chi connectivity index (χ0v) is 20.4. The van der Waals surface area contributed by atoms with Gasteiger partial charge in [-0.3, -0.25) is 14.4 Å². The van der Waals surface area contributed by atoms with Gasteiger partial charge in [0.05, 0.1) is 16.6 Å². The molecule has 6 atom stereocenters. The molecule has 3 aliphatic heterocycles. The second-order valence-corrected chi connectivity index (χ2v) is 11.4. The van der Waals surface area contributed by atoms with Crippen molar-refractivity contribution in [1.29, 1.82) is 0 Å². The van der Waals surface area contributed by atoms with Gasteiger partial charge in [-0.1, -0.05) is 25.1 Å². The molecule has 3 N–H and O–H groups in total. The molecule has 0 saturated carbocycles. The normalized spacial score (nSPS) is 32.3. The summed E-state index contributed by atoms with van der Waals surface area (Å²) in [6, 6.07) is 8.72. The predicted octanol–water partition coefficient (Wildman–Crippen LogP) is 2.65. The van der Waals surface area contributed by atoms with Crippen molar-refractivity contribution in [2.24, 2.45) is 17.8 Å². The van der Waals surface area contributed by atoms with E-state index in [0.29, 0.717) is 13.0 Å². The van der Waals surface area contributed by atoms with Gasteiger partial charge in [0.15, 0.2) is 0 Å². The van der Waals surface area contributed by atoms with Crippen LogP contribution < -0.4 is 10.6 Å². The molecule has 3 heterocycles. The largest absolute Gasteiger partial charge is 0.396 e. The Labute approximate surface area is 200 Å². The van der Waals surface area contributed by atoms with Gasteiger partial charge < -0.3 is 20.6 Å². The van der Waals surface area contributed by atoms with E-state index in [-0.39, 0.29) is 41.5 Å². The molecule has 3 amide bonds. The maximum absolute atomic E-state index is 13.9. The molecule has 1 aromatic rings. The zero-order chi connectivity index (χ0) is 23.8. The number of likely N-dealkylation sites (tertiary alicyclic amines) is 1. The number of unbranched alkanes of at least 4 members (excludes halogenated alkanes) is 2. The number of hydrogen-bond donors (Lipinski definition) is 3. The van der Waals surface area contributed by atoms with Crippen LogP contribution in [0, 0.1) is 17.8 Å². The molecule has 0 radical (unpaired) electrons. The lowest BCUT2D eigenvalue weighted by molar-refractivity contribution is -0.139. The number of para-hydroxylation sites is 1. The number of fused-ring (bicyclic) bond motifs is 1. The van der Waals surface area contributed by atoms with Gasteiger partial charge in [-0.25, -0.2) is 0 Å². The fourth-order valence-electron chi connectivity index (χ4n) is 6.04. The van der Waals surface area contributed by atoms with Crippen LogP contribution in [0.1, 0.15) is 46.5 Å². The summed E-state index contributed by atoms with van der Waals surface area (Å²) in [4.78, 5) is 42.5. The highest BCUT2D eigenvalue weighted by Gasteiger charge is 2.75. The van der Waals surface area contributed by atoms with E-state index in [1.54, 1.807) is 16.7 Å². The number of benzene rings is 1. The van der Waals surface area contributed by atoms with E-state index >= 15 is 0 Å². The van der Waals surface area contributed by atoms with Gasteiger partial charge in [0.1, 0.15) is 6.04 Å². The van der Waals surface area contributed by atoms with Crippen molar-refractivity contribution in [2.75, 3.05) is 18.5 Å². The van der Waals surface area contributed by atoms with E-state index in [2.05, 4.69) is 17.6 Å². The van der Waals surface area contributed by atoms with Crippen LogP contribution in [0.2, 0.25) is 0 Å². The summed E-state index contributed by atoms with van der Waals surface area (Å²) in [6.07, 6.45) is 3.02. The molecular formula is C25H35N3O4S. The maximum atomic E-state index is 13.9. The van der Waals surface area contributed by atoms with Crippen molar-refractivity contribution in [1.82, 2.24) is 10.2 Å². The fraction of sp³-hybridized carbons (Fsp3) is 0.640. The molecule has 1 spiro atoms. The molecule has 3 aliphatic rings. The van der Waals surface area contributed by atoms with Gasteiger partial charge in [-0.05, 0) is 57.6 Å². The molecule has 3 unspecified atom stereocenters. The molecule has 3 fully saturated rings. The van der Waals surface area contributed by atoms with Gasteiger partial charge in [0, 0.05) is 30.1 Å². The Hall–Kier alpha value is -2.06. The zero-order valence-electron chi connectivity index (χ0n) is 19.6. The lowest BCUT2D eigenvalue weighted by Crippen LogP contribution is -2.57. The maximum Gasteiger partial charge on any atom is 0.244 e. The number of hydrogen-bond acceptors (Lipinski definition) is 5. The summed E-state index contributed by atoms with van der Waals surface area (Å²) < 4.78 is -0.587. The summed E-state index contributed by atoms with van der Waals surface area (Å²) in [7, 11) is 0. The van der Waals surface area contributed by atoms with Crippen molar-refractivity contribution in [3.05, 3.63) is 30.3 Å². The third-order valence-corrected chi connectivity index (χ3v) is 9.40. The average molecular weight is 474 g/mol. The number of rotatable bonds is 9. The summed E-state index contributed by atoms with van der Waals surface area (Å²) in [5, 5.41) is 15.2. The van der Waals surface area contributed by atoms with E-state index in [0.717, 1.165) is 24.9 Å². The average Bonchev–Trinajstić information content (AvgIpc) is 3.35. The Balaban J connectivity index is 1.65. The molecule has 3 saturated heterocycles. The third-order valence-electron chi connectivity index (χ3n) is 7.33. The lowest BCUT2D eigenvalue weighted by Gasteiger charge is -2.39. The van der Waals surface area contributed by atoms with Crippen molar-refractivity contribution in [3.63, 3.8) is 0 Å². The minimum Gasteiger partial charge on any atom is -0.396 e. The number of nitrogens with one attached hydrogen (secondary N) is 2. The van der Waals surface area contributed by atoms with Gasteiger partial charge in [0.2, 0.25) is 17.7 Å². The van der Waals surface area contributed by atoms with E-state index in [4.69, 9.17) is 5.11 Å². The number of amides is 3. The topological polar surface area (TPSA) is 98.7 Å². The number of thioether (sulfide) groups is 1. The van der Waals surface area contributed by atoms with E-state index < -0.39 is 22.6 Å². The summed E-state index contributed by atoms with van der Waals surface area (Å²) in [5.41, 5.74) is 0.720. The third kappa shape index (κ3) is 4.16. The molecule has 0 aliphatic carbocycles. The molecule has 7 nitrogen and oxygen atoms in total. The number of aliphatic hydroxyl groups excluding tert-OH is 1. The Bertz CT molecular complexity index is 895. The second kappa shape index (κ2) is 9.66. The van der Waals surface area contributed by atoms with Crippen LogP contribution in [0.5, 0.6) is 0 Å². The van der Waals surface area contributed by atoms with Crippen molar-refractivity contribution >= 4 is 35.2 Å². The Kier molecular flexibility index (Phi) is 7.05. The van der Waals surface area contributed by atoms with Crippen LogP contribution in [-0.4, -0.2) is 63.0 Å². The standard InChI is InChI=1S/C25H35N3O4S/c1-15(2)26-23(31)21-25-16(3)14-18(33-25)19(22(30)27-17-10-6-4-7-11-17)20(25)24(32)28(21)12-8-5-9-13-29/h4,6-7,10-11,15-16,18-21,29H,5,8-9,12-14H2,1-3H3,(H,26,31)(H,27,30)/t16?,18-,19+,20+,21?,25?/m1/s1. The van der Waals surface area contributed by atoms with Crippen molar-refractivity contribution in [2.45, 2.75) is 68.5 Å². The van der Waals surface area contributed by atoms with E-state index in [1.807, 2.05) is 44.2 Å². The molecule has 1 aromatic carbocycles. The molecule has 180 valence electrons. The molecule has 2 bridgehead atoms. The van der Waals surface area contributed by atoms with Gasteiger partial charge in [-0.15, -0.1) is 11.8 Å². The SMILES string of the molecule is CC(C)NC(=O)C1N(CCCCCO)C(=O)[C@@H]2[C@@H](C(=O)Nc3ccccc3)[C@H]3CC(C)C12S3. The highest BCUT2D eigenvalue weighted by molar-refractivity contribution is 8.02. The molecule has 33 heavy (non-hydrogen) atoms. The van der Waals surface area contributed by atoms with Crippen LogP contribution >= 0.6 is 11.8 Å². The Morgan fingerprint density at radius 3 is 2.58 bits per heavy atom. The first-order chi connectivity index (χ1) is 15.8. The lowest BCUT2D eigenvalue weighted by atomic mass is 9.66. The first-order valence-electron chi connectivity index (χ1n) is 12.1. The highest BCUT2D eigenvalue weighted by Crippen LogP contribution is 2.68. The summed E-state index contributed by atoms with van der Waals surface area (Å²) in [5.74, 6) is -1.11. The van der Waals surface area contributed by atoms with Crippen LogP contribution in [0.25, 0.3) is 0 Å². The van der Waals surface area contributed by atoms with E-state index in [9.17, 15) is 14.4 Å². The molecular weight excluding hydrogens is 438 g/mol. The highest BCUT2D eigenvalue weighted by atomic mass is 32.2. The number of anilines is 1. The van der Waals surface area contributed by atoms with Crippen LogP contribution in [0.3, 0.4) is 0 Å². The predicted molar refractivity (Wildman–Crippen MR) is 130 cm³/mol. The molecule has 0 aromatic heterocycles. The minimum atomic E-state index is -0.587.